The summed E-state index contributed by atoms with van der Waals surface area (Å²) in [6.45, 7) is 39.8. The van der Waals surface area contributed by atoms with Gasteiger partial charge >= 0.3 is 17.1 Å². The number of hydrogen-bond acceptors (Lipinski definition) is 9. The Hall–Kier alpha value is -5.52. The molecule has 4 aromatic rings. The number of nitrogens with zero attached hydrogens (tertiary/aromatic N) is 3. The second-order valence-corrected chi connectivity index (χ2v) is 26.2. The van der Waals surface area contributed by atoms with E-state index >= 15 is 14.4 Å². The van der Waals surface area contributed by atoms with Crippen LogP contribution in [0.15, 0.2) is 50.8 Å². The predicted octanol–water partition coefficient (Wildman–Crippen LogP) is 11.9. The summed E-state index contributed by atoms with van der Waals surface area (Å²) >= 11 is 0. The van der Waals surface area contributed by atoms with Crippen LogP contribution >= 0.6 is 0 Å². The lowest BCUT2D eigenvalue weighted by atomic mass is 9.77. The van der Waals surface area contributed by atoms with Gasteiger partial charge in [0.05, 0.1) is 18.1 Å². The average molecular weight is 994 g/mol. The molecule has 0 amide bonds. The fourth-order valence-corrected chi connectivity index (χ4v) is 9.53. The van der Waals surface area contributed by atoms with E-state index in [9.17, 15) is 29.7 Å². The van der Waals surface area contributed by atoms with Gasteiger partial charge in [-0.15, -0.1) is 0 Å². The SMILES string of the molecule is CCC(=O)CC(c1cc(C(C)(C)C)c(O)c(C(C)(C)C)c1)n1c(=O)n(C(CC(=O)CC)c2cc(C(C)(C)C)c(O)c(C(C)(C)C)c2)c(=O)n(C(CC(=O)CC)c2cc(C(C)(C)C)c(O)c(C(C)(C)C)c2)c1=O. The zero-order valence-electron chi connectivity index (χ0n) is 47.6. The maximum absolute atomic E-state index is 16.1. The number of aromatic nitrogens is 3. The number of carbonyl (C=O) groups is 3. The molecule has 72 heavy (non-hydrogen) atoms. The van der Waals surface area contributed by atoms with Gasteiger partial charge in [0.2, 0.25) is 0 Å². The van der Waals surface area contributed by atoms with Crippen molar-refractivity contribution in [2.45, 2.75) is 235 Å². The summed E-state index contributed by atoms with van der Waals surface area (Å²) in [6.07, 6.45) is -0.928. The highest BCUT2D eigenvalue weighted by Crippen LogP contribution is 2.45. The molecule has 0 radical (unpaired) electrons. The Morgan fingerprint density at radius 1 is 0.361 bits per heavy atom. The number of phenolic OH excluding ortho intramolecular Hbond substituents is 3. The zero-order chi connectivity index (χ0) is 55.3. The third-order valence-corrected chi connectivity index (χ3v) is 14.0. The highest BCUT2D eigenvalue weighted by molar-refractivity contribution is 5.80. The van der Waals surface area contributed by atoms with Gasteiger partial charge in [0.25, 0.3) is 0 Å². The standard InChI is InChI=1S/C60H87N3O9/c1-22-37(64)31-46(34-25-40(55(4,5)6)49(67)41(26-34)56(7,8)9)61-52(70)62(47(32-38(65)23-2)35-27-42(57(10,11)12)50(68)43(28-35)58(13,14)15)54(72)63(53(61)71)48(33-39(66)24-3)36-29-44(59(16,17)18)51(69)45(30-36)60(19,20)21/h25-30,46-48,67-69H,22-24,31-33H2,1-21H3. The summed E-state index contributed by atoms with van der Waals surface area (Å²) in [5.74, 6) is -0.754. The Labute approximate surface area is 428 Å². The number of carbonyl (C=O) groups excluding carboxylic acids is 3. The van der Waals surface area contributed by atoms with Crippen LogP contribution < -0.4 is 17.1 Å². The molecule has 0 saturated heterocycles. The van der Waals surface area contributed by atoms with Crippen LogP contribution in [0.3, 0.4) is 0 Å². The maximum atomic E-state index is 16.1. The summed E-state index contributed by atoms with van der Waals surface area (Å²) < 4.78 is 2.83. The lowest BCUT2D eigenvalue weighted by molar-refractivity contribution is -0.120. The molecule has 396 valence electrons. The fraction of sp³-hybridized carbons (Fsp3) is 0.600. The first-order valence-electron chi connectivity index (χ1n) is 25.8. The molecule has 0 aliphatic rings. The maximum Gasteiger partial charge on any atom is 0.337 e. The first-order valence-corrected chi connectivity index (χ1v) is 25.8. The van der Waals surface area contributed by atoms with Crippen LogP contribution in [0.2, 0.25) is 0 Å². The van der Waals surface area contributed by atoms with Crippen molar-refractivity contribution >= 4 is 17.3 Å². The normalized spacial score (nSPS) is 14.3. The van der Waals surface area contributed by atoms with Gasteiger partial charge in [0.15, 0.2) is 0 Å². The Morgan fingerprint density at radius 3 is 0.639 bits per heavy atom. The Kier molecular flexibility index (Phi) is 17.0. The van der Waals surface area contributed by atoms with Crippen LogP contribution in [0.5, 0.6) is 17.2 Å². The highest BCUT2D eigenvalue weighted by Gasteiger charge is 2.38. The van der Waals surface area contributed by atoms with E-state index in [0.29, 0.717) is 50.1 Å². The van der Waals surface area contributed by atoms with Gasteiger partial charge in [-0.2, -0.15) is 0 Å². The number of aromatic hydroxyl groups is 3. The first-order chi connectivity index (χ1) is 32.6. The van der Waals surface area contributed by atoms with E-state index in [1.54, 1.807) is 57.2 Å². The molecular weight excluding hydrogens is 907 g/mol. The molecule has 12 heteroatoms. The molecule has 3 unspecified atom stereocenters. The smallest absolute Gasteiger partial charge is 0.337 e. The third kappa shape index (κ3) is 12.4. The zero-order valence-corrected chi connectivity index (χ0v) is 47.6. The van der Waals surface area contributed by atoms with E-state index in [0.717, 1.165) is 13.7 Å². The first kappa shape index (κ1) is 59.0. The summed E-state index contributed by atoms with van der Waals surface area (Å²) in [7, 11) is 0. The molecule has 0 saturated carbocycles. The van der Waals surface area contributed by atoms with Gasteiger partial charge in [0.1, 0.15) is 34.6 Å². The number of phenols is 3. The van der Waals surface area contributed by atoms with Gasteiger partial charge in [-0.3, -0.25) is 14.4 Å². The molecule has 1 heterocycles. The second-order valence-electron chi connectivity index (χ2n) is 26.2. The van der Waals surface area contributed by atoms with Gasteiger partial charge in [0, 0.05) is 38.5 Å². The van der Waals surface area contributed by atoms with Crippen LogP contribution in [0, 0.1) is 0 Å². The van der Waals surface area contributed by atoms with Crippen molar-refractivity contribution < 1.29 is 29.7 Å². The molecule has 0 bridgehead atoms. The fourth-order valence-electron chi connectivity index (χ4n) is 9.53. The molecule has 12 nitrogen and oxygen atoms in total. The van der Waals surface area contributed by atoms with Crippen molar-refractivity contribution in [3.63, 3.8) is 0 Å². The predicted molar refractivity (Wildman–Crippen MR) is 290 cm³/mol. The van der Waals surface area contributed by atoms with Crippen molar-refractivity contribution in [1.29, 1.82) is 0 Å². The van der Waals surface area contributed by atoms with E-state index in [1.165, 1.54) is 0 Å². The minimum Gasteiger partial charge on any atom is -0.507 e. The van der Waals surface area contributed by atoms with Crippen molar-refractivity contribution in [1.82, 2.24) is 13.7 Å². The minimum atomic E-state index is -1.35. The molecule has 0 spiro atoms. The van der Waals surface area contributed by atoms with E-state index in [1.807, 2.05) is 125 Å². The van der Waals surface area contributed by atoms with Gasteiger partial charge < -0.3 is 15.3 Å². The second kappa shape index (κ2) is 20.8. The molecular formula is C60H87N3O9. The molecule has 1 aromatic heterocycles. The topological polar surface area (TPSA) is 178 Å². The van der Waals surface area contributed by atoms with Crippen LogP contribution in [-0.2, 0) is 46.9 Å². The summed E-state index contributed by atoms with van der Waals surface area (Å²) in [4.78, 5) is 90.6. The average Bonchev–Trinajstić information content (AvgIpc) is 3.22. The number of benzene rings is 3. The Bertz CT molecular complexity index is 2450. The lowest BCUT2D eigenvalue weighted by Gasteiger charge is -2.33. The minimum absolute atomic E-state index is 0.0404. The third-order valence-electron chi connectivity index (χ3n) is 14.0. The lowest BCUT2D eigenvalue weighted by Crippen LogP contribution is -2.58. The molecule has 0 aliphatic carbocycles. The molecule has 0 aliphatic heterocycles. The highest BCUT2D eigenvalue weighted by atomic mass is 16.3. The van der Waals surface area contributed by atoms with E-state index in [-0.39, 0.29) is 73.1 Å². The van der Waals surface area contributed by atoms with E-state index in [2.05, 4.69) is 0 Å². The monoisotopic (exact) mass is 994 g/mol. The van der Waals surface area contributed by atoms with Crippen molar-refractivity contribution in [3.05, 3.63) is 118 Å². The quantitative estimate of drug-likeness (QED) is 0.105. The summed E-state index contributed by atoms with van der Waals surface area (Å²) in [5.41, 5.74) is -3.02. The molecule has 4 rings (SSSR count). The van der Waals surface area contributed by atoms with E-state index in [4.69, 9.17) is 0 Å². The number of Topliss-reactive ketones (excluding diaryl/α,β-unsaturated/α-hetero) is 3. The molecule has 3 atom stereocenters. The van der Waals surface area contributed by atoms with Crippen LogP contribution in [0.4, 0.5) is 0 Å². The number of hydrogen-bond donors (Lipinski definition) is 3. The number of rotatable bonds is 15. The Morgan fingerprint density at radius 2 is 0.514 bits per heavy atom. The molecule has 3 N–H and O–H groups in total. The van der Waals surface area contributed by atoms with Crippen LogP contribution in [0.1, 0.15) is 252 Å². The Balaban J connectivity index is 2.54. The molecule has 3 aromatic carbocycles. The largest absolute Gasteiger partial charge is 0.507 e. The summed E-state index contributed by atoms with van der Waals surface area (Å²) in [6, 6.07) is 6.25. The van der Waals surface area contributed by atoms with E-state index < -0.39 is 67.7 Å². The van der Waals surface area contributed by atoms with Crippen molar-refractivity contribution in [2.75, 3.05) is 0 Å². The molecule has 0 fully saturated rings. The summed E-state index contributed by atoms with van der Waals surface area (Å²) in [5, 5.41) is 35.8. The van der Waals surface area contributed by atoms with Gasteiger partial charge in [-0.25, -0.2) is 28.1 Å². The van der Waals surface area contributed by atoms with Crippen LogP contribution in [-0.4, -0.2) is 46.4 Å². The number of ketones is 3. The van der Waals surface area contributed by atoms with Gasteiger partial charge in [-0.1, -0.05) is 145 Å². The van der Waals surface area contributed by atoms with Crippen LogP contribution in [0.25, 0.3) is 0 Å². The van der Waals surface area contributed by atoms with Gasteiger partial charge in [-0.05, 0) is 119 Å². The van der Waals surface area contributed by atoms with Crippen molar-refractivity contribution in [3.8, 4) is 17.2 Å². The van der Waals surface area contributed by atoms with Crippen molar-refractivity contribution in [2.24, 2.45) is 0 Å².